The van der Waals surface area contributed by atoms with E-state index < -0.39 is 0 Å². The highest BCUT2D eigenvalue weighted by atomic mass is 19.1. The van der Waals surface area contributed by atoms with Gasteiger partial charge in [0.25, 0.3) is 5.91 Å². The Balaban J connectivity index is 1.60. The van der Waals surface area contributed by atoms with Gasteiger partial charge in [0.05, 0.1) is 0 Å². The van der Waals surface area contributed by atoms with E-state index in [-0.39, 0.29) is 11.7 Å². The van der Waals surface area contributed by atoms with Crippen LogP contribution in [0.3, 0.4) is 0 Å². The zero-order chi connectivity index (χ0) is 15.7. The van der Waals surface area contributed by atoms with Crippen molar-refractivity contribution in [1.29, 1.82) is 0 Å². The normalized spacial score (nSPS) is 14.1. The van der Waals surface area contributed by atoms with E-state index in [1.807, 2.05) is 13.1 Å². The molecule has 22 heavy (non-hydrogen) atoms. The molecule has 1 amide bonds. The maximum absolute atomic E-state index is 13.5. The summed E-state index contributed by atoms with van der Waals surface area (Å²) in [6.45, 7) is 4.90. The highest BCUT2D eigenvalue weighted by Crippen LogP contribution is 2.39. The fourth-order valence-corrected chi connectivity index (χ4v) is 2.56. The Bertz CT molecular complexity index is 704. The van der Waals surface area contributed by atoms with E-state index in [4.69, 9.17) is 0 Å². The number of rotatable bonds is 5. The number of hydrogen-bond donors (Lipinski definition) is 1. The Hall–Kier alpha value is -2.17. The first-order valence-corrected chi connectivity index (χ1v) is 7.62. The molecule has 0 spiro atoms. The molecular formula is C17H20FN3O. The SMILES string of the molecule is Cc1ccc(C(=O)NCCn2c(C)cnc2C2CC2)cc1F. The number of halogens is 1. The van der Waals surface area contributed by atoms with Gasteiger partial charge in [-0.05, 0) is 44.4 Å². The number of carbonyl (C=O) groups is 1. The predicted octanol–water partition coefficient (Wildman–Crippen LogP) is 2.95. The van der Waals surface area contributed by atoms with Crippen LogP contribution in [0.5, 0.6) is 0 Å². The lowest BCUT2D eigenvalue weighted by molar-refractivity contribution is 0.0951. The molecule has 2 aromatic rings. The lowest BCUT2D eigenvalue weighted by atomic mass is 10.1. The van der Waals surface area contributed by atoms with Crippen LogP contribution in [0.1, 0.15) is 46.2 Å². The molecule has 1 saturated carbocycles. The summed E-state index contributed by atoms with van der Waals surface area (Å²) >= 11 is 0. The third kappa shape index (κ3) is 3.03. The summed E-state index contributed by atoms with van der Waals surface area (Å²) in [5.41, 5.74) is 2.00. The molecule has 1 aliphatic rings. The van der Waals surface area contributed by atoms with Crippen LogP contribution in [-0.2, 0) is 6.54 Å². The lowest BCUT2D eigenvalue weighted by Gasteiger charge is -2.11. The molecule has 1 aromatic heterocycles. The fourth-order valence-electron chi connectivity index (χ4n) is 2.56. The fraction of sp³-hybridized carbons (Fsp3) is 0.412. The maximum atomic E-state index is 13.5. The monoisotopic (exact) mass is 301 g/mol. The molecule has 4 nitrogen and oxygen atoms in total. The van der Waals surface area contributed by atoms with Crippen LogP contribution in [-0.4, -0.2) is 22.0 Å². The molecule has 0 atom stereocenters. The van der Waals surface area contributed by atoms with Gasteiger partial charge in [0.1, 0.15) is 11.6 Å². The van der Waals surface area contributed by atoms with Crippen molar-refractivity contribution in [2.75, 3.05) is 6.54 Å². The van der Waals surface area contributed by atoms with Crippen LogP contribution in [0, 0.1) is 19.7 Å². The molecule has 1 N–H and O–H groups in total. The molecule has 0 saturated heterocycles. The first kappa shape index (κ1) is 14.8. The van der Waals surface area contributed by atoms with Crippen molar-refractivity contribution in [2.45, 2.75) is 39.2 Å². The number of carbonyl (C=O) groups excluding carboxylic acids is 1. The summed E-state index contributed by atoms with van der Waals surface area (Å²) in [6, 6.07) is 4.55. The topological polar surface area (TPSA) is 46.9 Å². The predicted molar refractivity (Wildman–Crippen MR) is 82.4 cm³/mol. The maximum Gasteiger partial charge on any atom is 0.251 e. The minimum absolute atomic E-state index is 0.246. The van der Waals surface area contributed by atoms with E-state index >= 15 is 0 Å². The van der Waals surface area contributed by atoms with Crippen molar-refractivity contribution < 1.29 is 9.18 Å². The highest BCUT2D eigenvalue weighted by molar-refractivity contribution is 5.94. The van der Waals surface area contributed by atoms with E-state index in [9.17, 15) is 9.18 Å². The largest absolute Gasteiger partial charge is 0.350 e. The van der Waals surface area contributed by atoms with Gasteiger partial charge in [0, 0.05) is 36.5 Å². The van der Waals surface area contributed by atoms with E-state index in [2.05, 4.69) is 14.9 Å². The number of aryl methyl sites for hydroxylation is 2. The summed E-state index contributed by atoms with van der Waals surface area (Å²) < 4.78 is 15.7. The van der Waals surface area contributed by atoms with Crippen LogP contribution in [0.4, 0.5) is 4.39 Å². The Labute approximate surface area is 129 Å². The zero-order valence-corrected chi connectivity index (χ0v) is 12.9. The standard InChI is InChI=1S/C17H20FN3O/c1-11-3-4-14(9-15(11)18)17(22)19-7-8-21-12(2)10-20-16(21)13-5-6-13/h3-4,9-10,13H,5-8H2,1-2H3,(H,19,22). The minimum Gasteiger partial charge on any atom is -0.350 e. The molecule has 1 fully saturated rings. The second-order valence-corrected chi connectivity index (χ2v) is 5.90. The van der Waals surface area contributed by atoms with Gasteiger partial charge in [-0.15, -0.1) is 0 Å². The number of amides is 1. The molecule has 0 unspecified atom stereocenters. The number of nitrogens with one attached hydrogen (secondary N) is 1. The Morgan fingerprint density at radius 1 is 1.41 bits per heavy atom. The van der Waals surface area contributed by atoms with Crippen molar-refractivity contribution in [3.05, 3.63) is 52.9 Å². The Morgan fingerprint density at radius 2 is 2.18 bits per heavy atom. The minimum atomic E-state index is -0.353. The molecule has 3 rings (SSSR count). The summed E-state index contributed by atoms with van der Waals surface area (Å²) in [7, 11) is 0. The van der Waals surface area contributed by atoms with Gasteiger partial charge in [-0.3, -0.25) is 4.79 Å². The van der Waals surface area contributed by atoms with E-state index in [0.717, 1.165) is 11.5 Å². The van der Waals surface area contributed by atoms with Crippen LogP contribution in [0.2, 0.25) is 0 Å². The molecule has 1 heterocycles. The highest BCUT2D eigenvalue weighted by Gasteiger charge is 2.28. The molecule has 0 bridgehead atoms. The summed E-state index contributed by atoms with van der Waals surface area (Å²) in [5, 5.41) is 2.84. The zero-order valence-electron chi connectivity index (χ0n) is 12.9. The van der Waals surface area contributed by atoms with Gasteiger partial charge in [-0.25, -0.2) is 9.37 Å². The molecule has 1 aliphatic carbocycles. The molecular weight excluding hydrogens is 281 g/mol. The molecule has 5 heteroatoms. The van der Waals surface area contributed by atoms with Crippen molar-refractivity contribution in [3.63, 3.8) is 0 Å². The smallest absolute Gasteiger partial charge is 0.251 e. The number of hydrogen-bond acceptors (Lipinski definition) is 2. The molecule has 116 valence electrons. The van der Waals surface area contributed by atoms with E-state index in [1.54, 1.807) is 19.1 Å². The molecule has 1 aromatic carbocycles. The van der Waals surface area contributed by atoms with Crippen molar-refractivity contribution in [1.82, 2.24) is 14.9 Å². The van der Waals surface area contributed by atoms with Gasteiger partial charge < -0.3 is 9.88 Å². The molecule has 0 aliphatic heterocycles. The van der Waals surface area contributed by atoms with Crippen molar-refractivity contribution in [2.24, 2.45) is 0 Å². The van der Waals surface area contributed by atoms with Gasteiger partial charge >= 0.3 is 0 Å². The van der Waals surface area contributed by atoms with Crippen LogP contribution in [0.15, 0.2) is 24.4 Å². The van der Waals surface area contributed by atoms with Gasteiger partial charge in [-0.1, -0.05) is 6.07 Å². The lowest BCUT2D eigenvalue weighted by Crippen LogP contribution is -2.28. The third-order valence-corrected chi connectivity index (χ3v) is 4.08. The summed E-state index contributed by atoms with van der Waals surface area (Å²) in [5.74, 6) is 1.10. The third-order valence-electron chi connectivity index (χ3n) is 4.08. The first-order chi connectivity index (χ1) is 10.6. The molecule has 0 radical (unpaired) electrons. The van der Waals surface area contributed by atoms with Crippen molar-refractivity contribution in [3.8, 4) is 0 Å². The number of aromatic nitrogens is 2. The second kappa shape index (κ2) is 5.91. The summed E-state index contributed by atoms with van der Waals surface area (Å²) in [4.78, 5) is 16.5. The van der Waals surface area contributed by atoms with Crippen LogP contribution in [0.25, 0.3) is 0 Å². The average molecular weight is 301 g/mol. The Kier molecular flexibility index (Phi) is 3.96. The van der Waals surface area contributed by atoms with Gasteiger partial charge in [0.15, 0.2) is 0 Å². The average Bonchev–Trinajstić information content (AvgIpc) is 3.27. The van der Waals surface area contributed by atoms with E-state index in [1.165, 1.54) is 18.9 Å². The van der Waals surface area contributed by atoms with E-state index in [0.29, 0.717) is 30.1 Å². The quantitative estimate of drug-likeness (QED) is 0.923. The van der Waals surface area contributed by atoms with Gasteiger partial charge in [0.2, 0.25) is 0 Å². The second-order valence-electron chi connectivity index (χ2n) is 5.90. The van der Waals surface area contributed by atoms with Crippen LogP contribution >= 0.6 is 0 Å². The van der Waals surface area contributed by atoms with Crippen molar-refractivity contribution >= 4 is 5.91 Å². The Morgan fingerprint density at radius 3 is 2.86 bits per heavy atom. The number of imidazole rings is 1. The van der Waals surface area contributed by atoms with Crippen LogP contribution < -0.4 is 5.32 Å². The van der Waals surface area contributed by atoms with Gasteiger partial charge in [-0.2, -0.15) is 0 Å². The first-order valence-electron chi connectivity index (χ1n) is 7.62. The number of nitrogens with zero attached hydrogens (tertiary/aromatic N) is 2. The number of benzene rings is 1. The summed E-state index contributed by atoms with van der Waals surface area (Å²) in [6.07, 6.45) is 4.28.